The lowest BCUT2D eigenvalue weighted by Crippen LogP contribution is -2.51. The molecule has 2 aromatic carbocycles. The largest absolute Gasteiger partial charge is 0.490 e. The number of aliphatic hydroxyl groups excluding tert-OH is 1. The lowest BCUT2D eigenvalue weighted by molar-refractivity contribution is -0.0752. The van der Waals surface area contributed by atoms with E-state index in [0.717, 1.165) is 68.7 Å². The highest BCUT2D eigenvalue weighted by atomic mass is 16.5. The van der Waals surface area contributed by atoms with E-state index >= 15 is 0 Å². The molecule has 1 aliphatic carbocycles. The average Bonchev–Trinajstić information content (AvgIpc) is 3.80. The van der Waals surface area contributed by atoms with E-state index in [1.165, 1.54) is 24.0 Å². The van der Waals surface area contributed by atoms with E-state index in [1.807, 2.05) is 0 Å². The van der Waals surface area contributed by atoms with Crippen molar-refractivity contribution in [3.63, 3.8) is 0 Å². The molecule has 2 N–H and O–H groups in total. The van der Waals surface area contributed by atoms with Crippen molar-refractivity contribution in [3.8, 4) is 5.75 Å². The maximum absolute atomic E-state index is 9.89. The molecule has 2 aliphatic heterocycles. The Balaban J connectivity index is 1.26. The molecule has 40 heavy (non-hydrogen) atoms. The summed E-state index contributed by atoms with van der Waals surface area (Å²) < 4.78 is 29.9. The van der Waals surface area contributed by atoms with E-state index in [9.17, 15) is 5.11 Å². The molecule has 8 nitrogen and oxygen atoms in total. The summed E-state index contributed by atoms with van der Waals surface area (Å²) in [5.41, 5.74) is 4.62. The van der Waals surface area contributed by atoms with E-state index in [4.69, 9.17) is 23.7 Å². The van der Waals surface area contributed by atoms with Crippen LogP contribution in [0.1, 0.15) is 48.8 Å². The first-order valence-corrected chi connectivity index (χ1v) is 14.9. The zero-order chi connectivity index (χ0) is 27.7. The van der Waals surface area contributed by atoms with E-state index in [-0.39, 0.29) is 18.1 Å². The summed E-state index contributed by atoms with van der Waals surface area (Å²) in [4.78, 5) is 2.38. The van der Waals surface area contributed by atoms with Crippen LogP contribution in [0.25, 0.3) is 0 Å². The van der Waals surface area contributed by atoms with Gasteiger partial charge in [-0.2, -0.15) is 0 Å². The third kappa shape index (κ3) is 8.18. The number of benzene rings is 2. The minimum Gasteiger partial charge on any atom is -0.490 e. The van der Waals surface area contributed by atoms with Gasteiger partial charge in [-0.05, 0) is 60.9 Å². The lowest BCUT2D eigenvalue weighted by atomic mass is 9.85. The predicted molar refractivity (Wildman–Crippen MR) is 155 cm³/mol. The van der Waals surface area contributed by atoms with Gasteiger partial charge in [-0.1, -0.05) is 30.3 Å². The number of piperidine rings is 1. The molecule has 4 atom stereocenters. The number of nitrogens with one attached hydrogen (secondary N) is 1. The minimum absolute atomic E-state index is 0.0490. The van der Waals surface area contributed by atoms with Gasteiger partial charge in [-0.25, -0.2) is 0 Å². The molecule has 2 heterocycles. The van der Waals surface area contributed by atoms with Crippen LogP contribution in [0.5, 0.6) is 5.75 Å². The molecule has 8 heteroatoms. The first kappa shape index (κ1) is 29.3. The molecule has 1 saturated heterocycles. The number of hydrogen-bond acceptors (Lipinski definition) is 8. The number of fused-ring (bicyclic) bond motifs is 1. The molecule has 0 bridgehead atoms. The van der Waals surface area contributed by atoms with Crippen LogP contribution >= 0.6 is 0 Å². The standard InChI is InChI=1S/C32H46N2O6/c1-23(35)19-39-30-17-33-18-31(32(30)27-9-6-25(7-10-27)21-37-20-24-4-5-24)40-22-26-8-11-29-28(16-26)34(13-15-38-29)12-3-14-36-2/h6-11,16,23-24,30-33,35H,3-5,12-15,17-22H2,1-2H3/t23-,30+,31-,32-/m0/s1. The zero-order valence-corrected chi connectivity index (χ0v) is 24.1. The molecular formula is C32H46N2O6. The quantitative estimate of drug-likeness (QED) is 0.321. The number of anilines is 1. The van der Waals surface area contributed by atoms with E-state index < -0.39 is 6.10 Å². The molecule has 0 radical (unpaired) electrons. The van der Waals surface area contributed by atoms with Gasteiger partial charge in [-0.3, -0.25) is 0 Å². The van der Waals surface area contributed by atoms with Crippen LogP contribution in [0, 0.1) is 5.92 Å². The van der Waals surface area contributed by atoms with Crippen molar-refractivity contribution in [3.05, 3.63) is 59.2 Å². The first-order chi connectivity index (χ1) is 19.6. The molecule has 1 saturated carbocycles. The Labute approximate surface area is 238 Å². The Bertz CT molecular complexity index is 1040. The van der Waals surface area contributed by atoms with Gasteiger partial charge in [0.25, 0.3) is 0 Å². The maximum atomic E-state index is 9.89. The van der Waals surface area contributed by atoms with Crippen LogP contribution in [-0.4, -0.2) is 83.1 Å². The number of aliphatic hydroxyl groups is 1. The fourth-order valence-corrected chi connectivity index (χ4v) is 5.59. The second-order valence-electron chi connectivity index (χ2n) is 11.4. The van der Waals surface area contributed by atoms with Gasteiger partial charge >= 0.3 is 0 Å². The molecule has 0 amide bonds. The molecule has 5 rings (SSSR count). The number of ether oxygens (including phenoxy) is 5. The highest BCUT2D eigenvalue weighted by molar-refractivity contribution is 5.61. The Hall–Kier alpha value is -2.20. The lowest BCUT2D eigenvalue weighted by Gasteiger charge is -2.39. The van der Waals surface area contributed by atoms with Gasteiger partial charge in [0, 0.05) is 45.9 Å². The predicted octanol–water partition coefficient (Wildman–Crippen LogP) is 3.89. The third-order valence-corrected chi connectivity index (χ3v) is 7.95. The third-order valence-electron chi connectivity index (χ3n) is 7.95. The minimum atomic E-state index is -0.516. The summed E-state index contributed by atoms with van der Waals surface area (Å²) in [5, 5.41) is 13.4. The molecule has 2 aromatic rings. The monoisotopic (exact) mass is 554 g/mol. The fraction of sp³-hybridized carbons (Fsp3) is 0.625. The van der Waals surface area contributed by atoms with E-state index in [1.54, 1.807) is 14.0 Å². The van der Waals surface area contributed by atoms with Crippen LogP contribution in [0.3, 0.4) is 0 Å². The zero-order valence-electron chi connectivity index (χ0n) is 24.1. The van der Waals surface area contributed by atoms with Crippen molar-refractivity contribution < 1.29 is 28.8 Å². The Kier molecular flexibility index (Phi) is 10.7. The van der Waals surface area contributed by atoms with Crippen molar-refractivity contribution in [2.75, 3.05) is 64.6 Å². The van der Waals surface area contributed by atoms with Crippen molar-refractivity contribution in [2.45, 2.75) is 63.6 Å². The second-order valence-corrected chi connectivity index (χ2v) is 11.4. The van der Waals surface area contributed by atoms with Crippen LogP contribution in [0.4, 0.5) is 5.69 Å². The highest BCUT2D eigenvalue weighted by Crippen LogP contribution is 2.35. The molecule has 0 spiro atoms. The van der Waals surface area contributed by atoms with E-state index in [2.05, 4.69) is 52.7 Å². The van der Waals surface area contributed by atoms with Gasteiger partial charge in [-0.15, -0.1) is 0 Å². The number of rotatable bonds is 15. The first-order valence-electron chi connectivity index (χ1n) is 14.9. The fourth-order valence-electron chi connectivity index (χ4n) is 5.59. The van der Waals surface area contributed by atoms with Crippen molar-refractivity contribution in [2.24, 2.45) is 5.92 Å². The Morgan fingerprint density at radius 2 is 1.80 bits per heavy atom. The molecule has 3 aliphatic rings. The summed E-state index contributed by atoms with van der Waals surface area (Å²) in [6.45, 7) is 8.78. The summed E-state index contributed by atoms with van der Waals surface area (Å²) in [5.74, 6) is 1.74. The van der Waals surface area contributed by atoms with Gasteiger partial charge in [0.2, 0.25) is 0 Å². The summed E-state index contributed by atoms with van der Waals surface area (Å²) in [6, 6.07) is 15.1. The topological polar surface area (TPSA) is 81.7 Å². The van der Waals surface area contributed by atoms with Crippen LogP contribution in [0.2, 0.25) is 0 Å². The Morgan fingerprint density at radius 3 is 2.55 bits per heavy atom. The summed E-state index contributed by atoms with van der Waals surface area (Å²) in [6.07, 6.45) is 2.89. The molecule has 2 fully saturated rings. The van der Waals surface area contributed by atoms with Gasteiger partial charge < -0.3 is 39.0 Å². The normalized spacial score (nSPS) is 23.5. The number of nitrogens with zero attached hydrogens (tertiary/aromatic N) is 1. The van der Waals surface area contributed by atoms with Crippen molar-refractivity contribution in [1.82, 2.24) is 5.32 Å². The average molecular weight is 555 g/mol. The van der Waals surface area contributed by atoms with Crippen LogP contribution in [0.15, 0.2) is 42.5 Å². The van der Waals surface area contributed by atoms with Crippen molar-refractivity contribution >= 4 is 5.69 Å². The Morgan fingerprint density at radius 1 is 1.02 bits per heavy atom. The smallest absolute Gasteiger partial charge is 0.142 e. The summed E-state index contributed by atoms with van der Waals surface area (Å²) in [7, 11) is 1.74. The van der Waals surface area contributed by atoms with Gasteiger partial charge in [0.1, 0.15) is 12.4 Å². The number of methoxy groups -OCH3 is 1. The molecular weight excluding hydrogens is 508 g/mol. The van der Waals surface area contributed by atoms with Crippen LogP contribution in [-0.2, 0) is 32.2 Å². The molecule has 0 unspecified atom stereocenters. The maximum Gasteiger partial charge on any atom is 0.142 e. The second kappa shape index (κ2) is 14.6. The highest BCUT2D eigenvalue weighted by Gasteiger charge is 2.36. The van der Waals surface area contributed by atoms with Crippen molar-refractivity contribution in [1.29, 1.82) is 0 Å². The van der Waals surface area contributed by atoms with E-state index in [0.29, 0.717) is 26.4 Å². The van der Waals surface area contributed by atoms with Gasteiger partial charge in [0.05, 0.1) is 50.4 Å². The molecule has 220 valence electrons. The van der Waals surface area contributed by atoms with Crippen LogP contribution < -0.4 is 15.0 Å². The summed E-state index contributed by atoms with van der Waals surface area (Å²) >= 11 is 0. The SMILES string of the molecule is COCCCN1CCOc2ccc(CO[C@H]3CNC[C@@H](OC[C@H](C)O)[C@@H]3c3ccc(COCC4CC4)cc3)cc21. The molecule has 0 aromatic heterocycles. The van der Waals surface area contributed by atoms with Gasteiger partial charge in [0.15, 0.2) is 0 Å². The number of hydrogen-bond donors (Lipinski definition) is 2.